The largest absolute Gasteiger partial charge is 0.366 e. The van der Waals surface area contributed by atoms with Crippen molar-refractivity contribution in [3.63, 3.8) is 0 Å². The molecule has 0 fully saturated rings. The lowest BCUT2D eigenvalue weighted by Gasteiger charge is -2.13. The van der Waals surface area contributed by atoms with Crippen molar-refractivity contribution in [1.29, 1.82) is 0 Å². The van der Waals surface area contributed by atoms with Crippen LogP contribution in [0.15, 0.2) is 94.4 Å². The maximum absolute atomic E-state index is 12.8. The molecule has 0 aliphatic rings. The number of halogens is 3. The number of hydrogen-bond acceptors (Lipinski definition) is 5. The Morgan fingerprint density at radius 1 is 0.944 bits per heavy atom. The number of benzene rings is 3. The first-order valence-electron chi connectivity index (χ1n) is 10.7. The third-order valence-corrected chi connectivity index (χ3v) is 7.84. The van der Waals surface area contributed by atoms with Crippen molar-refractivity contribution in [2.24, 2.45) is 0 Å². The normalized spacial score (nSPS) is 11.5. The van der Waals surface area contributed by atoms with Crippen molar-refractivity contribution in [2.45, 2.75) is 11.4 Å². The van der Waals surface area contributed by atoms with E-state index in [0.29, 0.717) is 39.4 Å². The fourth-order valence-corrected chi connectivity index (χ4v) is 5.59. The second kappa shape index (κ2) is 10.1. The Balaban J connectivity index is 1.41. The molecule has 5 aromatic rings. The molecule has 2 N–H and O–H groups in total. The minimum Gasteiger partial charge on any atom is -0.366 e. The summed E-state index contributed by atoms with van der Waals surface area (Å²) in [4.78, 5) is 4.81. The number of nitrogens with zero attached hydrogens (tertiary/aromatic N) is 3. The van der Waals surface area contributed by atoms with Crippen molar-refractivity contribution in [3.05, 3.63) is 105 Å². The lowest BCUT2D eigenvalue weighted by atomic mass is 10.1. The molecule has 0 spiro atoms. The third kappa shape index (κ3) is 5.19. The van der Waals surface area contributed by atoms with Crippen molar-refractivity contribution in [3.8, 4) is 11.3 Å². The van der Waals surface area contributed by atoms with Gasteiger partial charge in [-0.2, -0.15) is 9.61 Å². The third-order valence-electron chi connectivity index (χ3n) is 5.34. The van der Waals surface area contributed by atoms with Crippen LogP contribution in [0.2, 0.25) is 10.0 Å². The first kappa shape index (κ1) is 24.6. The van der Waals surface area contributed by atoms with E-state index < -0.39 is 10.0 Å². The highest BCUT2D eigenvalue weighted by Gasteiger charge is 2.16. The van der Waals surface area contributed by atoms with Crippen LogP contribution in [0.3, 0.4) is 0 Å². The van der Waals surface area contributed by atoms with Gasteiger partial charge in [-0.05, 0) is 57.9 Å². The van der Waals surface area contributed by atoms with E-state index in [9.17, 15) is 8.42 Å². The number of rotatable bonds is 7. The van der Waals surface area contributed by atoms with Gasteiger partial charge in [0, 0.05) is 33.9 Å². The Kier molecular flexibility index (Phi) is 6.90. The molecular formula is C25H18BrCl2N5O2S. The van der Waals surface area contributed by atoms with Crippen LogP contribution in [0, 0.1) is 0 Å². The summed E-state index contributed by atoms with van der Waals surface area (Å²) in [5.74, 6) is 0.700. The van der Waals surface area contributed by atoms with Crippen LogP contribution in [0.25, 0.3) is 16.9 Å². The minimum absolute atomic E-state index is 0.0917. The predicted molar refractivity (Wildman–Crippen MR) is 147 cm³/mol. The Morgan fingerprint density at radius 3 is 2.56 bits per heavy atom. The molecule has 0 saturated carbocycles. The number of fused-ring (bicyclic) bond motifs is 1. The van der Waals surface area contributed by atoms with E-state index in [4.69, 9.17) is 28.2 Å². The summed E-state index contributed by atoms with van der Waals surface area (Å²) in [6.07, 6.45) is 1.68. The molecule has 182 valence electrons. The van der Waals surface area contributed by atoms with Crippen LogP contribution >= 0.6 is 39.1 Å². The SMILES string of the molecule is O=S(=O)(Nc1cccc(CNc2cc(-c3ccccc3Cl)nc3c(Br)cnn23)c1)c1cccc(Cl)c1. The first-order valence-corrected chi connectivity index (χ1v) is 13.7. The van der Waals surface area contributed by atoms with Gasteiger partial charge < -0.3 is 5.32 Å². The van der Waals surface area contributed by atoms with Gasteiger partial charge in [-0.1, -0.05) is 59.6 Å². The first-order chi connectivity index (χ1) is 17.3. The summed E-state index contributed by atoms with van der Waals surface area (Å²) in [5, 5.41) is 8.72. The van der Waals surface area contributed by atoms with E-state index in [0.717, 1.165) is 15.6 Å². The molecule has 11 heteroatoms. The zero-order valence-electron chi connectivity index (χ0n) is 18.5. The zero-order valence-corrected chi connectivity index (χ0v) is 22.4. The predicted octanol–water partition coefficient (Wildman–Crippen LogP) is 6.88. The molecule has 2 aromatic heterocycles. The number of hydrogen-bond donors (Lipinski definition) is 2. The molecule has 0 saturated heterocycles. The quantitative estimate of drug-likeness (QED) is 0.212. The van der Waals surface area contributed by atoms with Gasteiger partial charge in [0.15, 0.2) is 5.65 Å². The fraction of sp³-hybridized carbons (Fsp3) is 0.0400. The highest BCUT2D eigenvalue weighted by molar-refractivity contribution is 9.10. The van der Waals surface area contributed by atoms with E-state index in [1.807, 2.05) is 36.4 Å². The van der Waals surface area contributed by atoms with E-state index in [1.54, 1.807) is 41.0 Å². The van der Waals surface area contributed by atoms with Crippen molar-refractivity contribution in [1.82, 2.24) is 14.6 Å². The van der Waals surface area contributed by atoms with Crippen LogP contribution in [-0.4, -0.2) is 23.0 Å². The summed E-state index contributed by atoms with van der Waals surface area (Å²) >= 11 is 15.9. The van der Waals surface area contributed by atoms with Crippen molar-refractivity contribution >= 4 is 66.3 Å². The monoisotopic (exact) mass is 601 g/mol. The molecule has 5 rings (SSSR count). The molecule has 0 radical (unpaired) electrons. The highest BCUT2D eigenvalue weighted by Crippen LogP contribution is 2.30. The van der Waals surface area contributed by atoms with Crippen LogP contribution in [-0.2, 0) is 16.6 Å². The Morgan fingerprint density at radius 2 is 1.75 bits per heavy atom. The molecule has 36 heavy (non-hydrogen) atoms. The van der Waals surface area contributed by atoms with Crippen LogP contribution in [0.4, 0.5) is 11.5 Å². The van der Waals surface area contributed by atoms with Gasteiger partial charge in [0.25, 0.3) is 10.0 Å². The Labute approximate surface area is 226 Å². The van der Waals surface area contributed by atoms with Crippen LogP contribution < -0.4 is 10.0 Å². The molecule has 0 unspecified atom stereocenters. The second-order valence-corrected chi connectivity index (χ2v) is 11.2. The number of aromatic nitrogens is 3. The number of sulfonamides is 1. The highest BCUT2D eigenvalue weighted by atomic mass is 79.9. The molecule has 0 aliphatic heterocycles. The van der Waals surface area contributed by atoms with E-state index in [2.05, 4.69) is 31.1 Å². The Bertz CT molecular complexity index is 1690. The summed E-state index contributed by atoms with van der Waals surface area (Å²) in [5.41, 5.74) is 3.43. The van der Waals surface area contributed by atoms with Gasteiger partial charge in [0.1, 0.15) is 5.82 Å². The molecule has 3 aromatic carbocycles. The van der Waals surface area contributed by atoms with Crippen molar-refractivity contribution < 1.29 is 8.42 Å². The fourth-order valence-electron chi connectivity index (χ4n) is 3.65. The Hall–Kier alpha value is -3.11. The summed E-state index contributed by atoms with van der Waals surface area (Å²) < 4.78 is 30.6. The molecule has 0 bridgehead atoms. The lowest BCUT2D eigenvalue weighted by Crippen LogP contribution is -2.13. The van der Waals surface area contributed by atoms with Crippen LogP contribution in [0.1, 0.15) is 5.56 Å². The maximum atomic E-state index is 12.8. The lowest BCUT2D eigenvalue weighted by molar-refractivity contribution is 0.601. The molecule has 0 aliphatic carbocycles. The minimum atomic E-state index is -3.78. The average molecular weight is 603 g/mol. The summed E-state index contributed by atoms with van der Waals surface area (Å²) in [6, 6.07) is 22.6. The van der Waals surface area contributed by atoms with E-state index >= 15 is 0 Å². The van der Waals surface area contributed by atoms with Gasteiger partial charge in [-0.25, -0.2) is 13.4 Å². The van der Waals surface area contributed by atoms with Gasteiger partial charge in [-0.15, -0.1) is 0 Å². The zero-order chi connectivity index (χ0) is 25.3. The van der Waals surface area contributed by atoms with Gasteiger partial charge >= 0.3 is 0 Å². The van der Waals surface area contributed by atoms with E-state index in [1.165, 1.54) is 12.1 Å². The molecular weight excluding hydrogens is 585 g/mol. The molecule has 7 nitrogen and oxygen atoms in total. The summed E-state index contributed by atoms with van der Waals surface area (Å²) in [7, 11) is -3.78. The van der Waals surface area contributed by atoms with Gasteiger partial charge in [-0.3, -0.25) is 4.72 Å². The standard InChI is InChI=1S/C25H18BrCl2N5O2S/c26-21-15-30-33-24(13-23(31-25(21)33)20-9-1-2-10-22(20)28)29-14-16-5-3-7-18(11-16)32-36(34,35)19-8-4-6-17(27)12-19/h1-13,15,29,32H,14H2. The topological polar surface area (TPSA) is 88.4 Å². The van der Waals surface area contributed by atoms with Gasteiger partial charge in [0.2, 0.25) is 0 Å². The summed E-state index contributed by atoms with van der Waals surface area (Å²) in [6.45, 7) is 0.408. The average Bonchev–Trinajstić information content (AvgIpc) is 3.23. The maximum Gasteiger partial charge on any atom is 0.261 e. The smallest absolute Gasteiger partial charge is 0.261 e. The van der Waals surface area contributed by atoms with Crippen LogP contribution in [0.5, 0.6) is 0 Å². The molecule has 2 heterocycles. The van der Waals surface area contributed by atoms with Gasteiger partial charge in [0.05, 0.1) is 21.3 Å². The number of anilines is 2. The molecule has 0 amide bonds. The van der Waals surface area contributed by atoms with Crippen molar-refractivity contribution in [2.75, 3.05) is 10.0 Å². The number of nitrogens with one attached hydrogen (secondary N) is 2. The second-order valence-electron chi connectivity index (χ2n) is 7.85. The van der Waals surface area contributed by atoms with E-state index in [-0.39, 0.29) is 4.90 Å². The molecule has 0 atom stereocenters.